The van der Waals surface area contributed by atoms with Crippen LogP contribution in [0.4, 0.5) is 5.69 Å². The number of benzene rings is 3. The smallest absolute Gasteiger partial charge is 0.360 e. The number of aryl methyl sites for hydroxylation is 2. The number of esters is 1. The highest BCUT2D eigenvalue weighted by atomic mass is 16.5. The Kier molecular flexibility index (Phi) is 8.68. The van der Waals surface area contributed by atoms with Crippen molar-refractivity contribution in [1.29, 1.82) is 0 Å². The van der Waals surface area contributed by atoms with E-state index in [1.807, 2.05) is 44.2 Å². The summed E-state index contributed by atoms with van der Waals surface area (Å²) in [6.45, 7) is 15.8. The van der Waals surface area contributed by atoms with Crippen molar-refractivity contribution in [2.24, 2.45) is 11.8 Å². The summed E-state index contributed by atoms with van der Waals surface area (Å²) in [5.74, 6) is -1.47. The number of oxazole rings is 1. The first kappa shape index (κ1) is 35.3. The molecule has 3 aliphatic heterocycles. The predicted octanol–water partition coefficient (Wildman–Crippen LogP) is 5.71. The zero-order valence-electron chi connectivity index (χ0n) is 31.1. The highest BCUT2D eigenvalue weighted by Crippen LogP contribution is 2.60. The van der Waals surface area contributed by atoms with E-state index in [1.165, 1.54) is 29.4 Å². The van der Waals surface area contributed by atoms with E-state index in [9.17, 15) is 19.5 Å². The van der Waals surface area contributed by atoms with Crippen LogP contribution in [0.2, 0.25) is 0 Å². The topological polar surface area (TPSA) is 152 Å². The van der Waals surface area contributed by atoms with E-state index in [-0.39, 0.29) is 35.6 Å². The number of carbonyl (C=O) groups excluding carboxylic acids is 3. The number of ether oxygens (including phenoxy) is 2. The van der Waals surface area contributed by atoms with Gasteiger partial charge in [-0.25, -0.2) is 9.78 Å². The van der Waals surface area contributed by atoms with Gasteiger partial charge in [0.1, 0.15) is 29.4 Å². The van der Waals surface area contributed by atoms with E-state index in [1.54, 1.807) is 13.8 Å². The van der Waals surface area contributed by atoms with Gasteiger partial charge in [-0.2, -0.15) is 0 Å². The summed E-state index contributed by atoms with van der Waals surface area (Å²) in [5.41, 5.74) is 8.72. The molecule has 1 spiro atoms. The standard InChI is InChI=1S/C41H46N4O7/c1-18(2)31-38-44-33(39(49)50-9)35(52-38)41-26-12-10-11-25(30-22(7)20(5)15-21(6)23(30)8)32(26)45-40(41)51-29-14-13-24(16-27(29)41)17-28(36(47)43-31)42-37(48)34(46)19(3)4/h10-16,18-19,28,31,34,40,45-46H,17H2,1-9H3,(H,42,48)(H,43,47)/t28-,31-,34-,40-,41?/m0/s1. The van der Waals surface area contributed by atoms with Crippen molar-refractivity contribution >= 4 is 23.5 Å². The number of nitrogens with one attached hydrogen (secondary N) is 3. The Bertz CT molecular complexity index is 2110. The average molecular weight is 707 g/mol. The van der Waals surface area contributed by atoms with Crippen LogP contribution >= 0.6 is 0 Å². The van der Waals surface area contributed by atoms with Crippen LogP contribution < -0.4 is 20.7 Å². The van der Waals surface area contributed by atoms with E-state index >= 15 is 0 Å². The van der Waals surface area contributed by atoms with Gasteiger partial charge in [0.25, 0.3) is 0 Å². The van der Waals surface area contributed by atoms with Crippen LogP contribution in [0, 0.1) is 39.5 Å². The van der Waals surface area contributed by atoms with Crippen LogP contribution in [-0.4, -0.2) is 53.4 Å². The van der Waals surface area contributed by atoms with Gasteiger partial charge in [0, 0.05) is 28.8 Å². The maximum absolute atomic E-state index is 14.0. The number of aliphatic hydroxyl groups excluding tert-OH is 1. The van der Waals surface area contributed by atoms with Crippen molar-refractivity contribution in [3.05, 3.63) is 98.8 Å². The quantitative estimate of drug-likeness (QED) is 0.185. The molecule has 4 bridgehead atoms. The minimum Gasteiger partial charge on any atom is -0.469 e. The van der Waals surface area contributed by atoms with Crippen LogP contribution in [0.25, 0.3) is 11.1 Å². The van der Waals surface area contributed by atoms with E-state index < -0.39 is 47.6 Å². The molecule has 4 N–H and O–H groups in total. The lowest BCUT2D eigenvalue weighted by Crippen LogP contribution is -2.52. The summed E-state index contributed by atoms with van der Waals surface area (Å²) in [6.07, 6.45) is -1.92. The zero-order valence-corrected chi connectivity index (χ0v) is 31.1. The minimum atomic E-state index is -1.30. The predicted molar refractivity (Wildman–Crippen MR) is 195 cm³/mol. The van der Waals surface area contributed by atoms with E-state index in [4.69, 9.17) is 18.9 Å². The number of aliphatic hydroxyl groups is 1. The third kappa shape index (κ3) is 5.27. The van der Waals surface area contributed by atoms with Gasteiger partial charge < -0.3 is 34.9 Å². The lowest BCUT2D eigenvalue weighted by atomic mass is 9.72. The van der Waals surface area contributed by atoms with Gasteiger partial charge in [-0.1, -0.05) is 64.1 Å². The first-order valence-corrected chi connectivity index (χ1v) is 17.8. The fourth-order valence-corrected chi connectivity index (χ4v) is 8.00. The number of fused-ring (bicyclic) bond motifs is 4. The number of para-hydroxylation sites is 1. The lowest BCUT2D eigenvalue weighted by Gasteiger charge is -2.29. The second kappa shape index (κ2) is 12.8. The van der Waals surface area contributed by atoms with Gasteiger partial charge in [-0.3, -0.25) is 9.59 Å². The zero-order chi connectivity index (χ0) is 37.4. The number of amides is 2. The molecule has 1 aromatic heterocycles. The molecular weight excluding hydrogens is 660 g/mol. The van der Waals surface area contributed by atoms with Crippen molar-refractivity contribution in [1.82, 2.24) is 15.6 Å². The molecule has 4 heterocycles. The van der Waals surface area contributed by atoms with Crippen molar-refractivity contribution in [3.63, 3.8) is 0 Å². The summed E-state index contributed by atoms with van der Waals surface area (Å²) < 4.78 is 18.8. The largest absolute Gasteiger partial charge is 0.469 e. The van der Waals surface area contributed by atoms with Crippen molar-refractivity contribution in [2.75, 3.05) is 12.4 Å². The fourth-order valence-electron chi connectivity index (χ4n) is 8.00. The maximum Gasteiger partial charge on any atom is 0.360 e. The Morgan fingerprint density at radius 3 is 2.37 bits per heavy atom. The SMILES string of the molecule is COC(=O)c1nc2oc1C13c4cc(ccc4O[C@@H]1Nc1c(-c4c(C)c(C)cc(C)c4C)cccc13)C[C@H](NC(=O)[C@@H](O)C(C)C)C(=O)N[C@H]2C(C)C. The molecule has 1 unspecified atom stereocenters. The highest BCUT2D eigenvalue weighted by molar-refractivity contribution is 5.94. The summed E-state index contributed by atoms with van der Waals surface area (Å²) in [5, 5.41) is 20.1. The number of aromatic nitrogens is 1. The normalized spacial score (nSPS) is 22.0. The number of carbonyl (C=O) groups is 3. The highest BCUT2D eigenvalue weighted by Gasteiger charge is 2.62. The third-order valence-corrected chi connectivity index (χ3v) is 11.1. The molecule has 272 valence electrons. The molecule has 5 atom stereocenters. The van der Waals surface area contributed by atoms with Crippen molar-refractivity contribution < 1.29 is 33.4 Å². The molecule has 0 radical (unpaired) electrons. The van der Waals surface area contributed by atoms with Crippen LogP contribution in [-0.2, 0) is 26.2 Å². The number of methoxy groups -OCH3 is 1. The molecule has 7 rings (SSSR count). The number of anilines is 1. The Balaban J connectivity index is 1.52. The maximum atomic E-state index is 14.0. The van der Waals surface area contributed by atoms with Gasteiger partial charge in [-0.05, 0) is 79.0 Å². The Hall–Kier alpha value is -5.16. The van der Waals surface area contributed by atoms with Crippen molar-refractivity contribution in [3.8, 4) is 16.9 Å². The number of hydrogen-bond acceptors (Lipinski definition) is 9. The third-order valence-electron chi connectivity index (χ3n) is 11.1. The molecular formula is C41H46N4O7. The second-order valence-electron chi connectivity index (χ2n) is 15.1. The summed E-state index contributed by atoms with van der Waals surface area (Å²) in [4.78, 5) is 45.6. The Morgan fingerprint density at radius 1 is 1.00 bits per heavy atom. The summed E-state index contributed by atoms with van der Waals surface area (Å²) >= 11 is 0. The van der Waals surface area contributed by atoms with Gasteiger partial charge in [0.15, 0.2) is 17.7 Å². The van der Waals surface area contributed by atoms with Crippen LogP contribution in [0.15, 0.2) is 46.9 Å². The van der Waals surface area contributed by atoms with Crippen LogP contribution in [0.1, 0.15) is 94.8 Å². The van der Waals surface area contributed by atoms with Gasteiger partial charge >= 0.3 is 5.97 Å². The molecule has 0 saturated carbocycles. The first-order chi connectivity index (χ1) is 24.7. The number of rotatable bonds is 6. The van der Waals surface area contributed by atoms with E-state index in [0.717, 1.165) is 33.5 Å². The molecule has 3 aromatic carbocycles. The summed E-state index contributed by atoms with van der Waals surface area (Å²) in [7, 11) is 1.30. The molecule has 52 heavy (non-hydrogen) atoms. The first-order valence-electron chi connectivity index (χ1n) is 17.8. The molecule has 0 saturated heterocycles. The fraction of sp³-hybridized carbons (Fsp3) is 0.415. The second-order valence-corrected chi connectivity index (χ2v) is 15.1. The van der Waals surface area contributed by atoms with E-state index in [0.29, 0.717) is 5.75 Å². The van der Waals surface area contributed by atoms with Gasteiger partial charge in [0.2, 0.25) is 17.7 Å². The van der Waals surface area contributed by atoms with E-state index in [2.05, 4.69) is 55.8 Å². The summed E-state index contributed by atoms with van der Waals surface area (Å²) in [6, 6.07) is 12.2. The van der Waals surface area contributed by atoms with Crippen molar-refractivity contribution in [2.45, 2.75) is 91.6 Å². The molecule has 2 amide bonds. The molecule has 3 aliphatic rings. The molecule has 4 aromatic rings. The number of nitrogens with zero attached hydrogens (tertiary/aromatic N) is 1. The molecule has 11 nitrogen and oxygen atoms in total. The Morgan fingerprint density at radius 2 is 1.71 bits per heavy atom. The van der Waals surface area contributed by atoms with Crippen LogP contribution in [0.3, 0.4) is 0 Å². The molecule has 0 aliphatic carbocycles. The number of hydrogen-bond donors (Lipinski definition) is 4. The Labute approximate surface area is 303 Å². The minimum absolute atomic E-state index is 0.0211. The monoisotopic (exact) mass is 706 g/mol. The average Bonchev–Trinajstić information content (AvgIpc) is 3.78. The molecule has 11 heteroatoms. The lowest BCUT2D eigenvalue weighted by molar-refractivity contribution is -0.135. The van der Waals surface area contributed by atoms with Gasteiger partial charge in [0.05, 0.1) is 7.11 Å². The van der Waals surface area contributed by atoms with Crippen LogP contribution in [0.5, 0.6) is 5.75 Å². The van der Waals surface area contributed by atoms with Gasteiger partial charge in [-0.15, -0.1) is 0 Å². The molecule has 0 fully saturated rings.